The summed E-state index contributed by atoms with van der Waals surface area (Å²) in [5.41, 5.74) is 0.632. The summed E-state index contributed by atoms with van der Waals surface area (Å²) >= 11 is 11.8. The Balaban J connectivity index is 2.18. The van der Waals surface area contributed by atoms with E-state index in [0.29, 0.717) is 16.6 Å². The number of aromatic nitrogens is 1. The lowest BCUT2D eigenvalue weighted by Gasteiger charge is -2.17. The predicted octanol–water partition coefficient (Wildman–Crippen LogP) is 2.95. The Labute approximate surface area is 125 Å². The zero-order valence-corrected chi connectivity index (χ0v) is 12.2. The summed E-state index contributed by atoms with van der Waals surface area (Å²) in [4.78, 5) is 28.0. The summed E-state index contributed by atoms with van der Waals surface area (Å²) in [6.45, 7) is 0.337. The van der Waals surface area contributed by atoms with E-state index in [4.69, 9.17) is 23.2 Å². The molecule has 2 aromatic rings. The van der Waals surface area contributed by atoms with Gasteiger partial charge in [0.15, 0.2) is 5.43 Å². The van der Waals surface area contributed by atoms with E-state index in [0.717, 1.165) is 5.56 Å². The highest BCUT2D eigenvalue weighted by molar-refractivity contribution is 6.42. The van der Waals surface area contributed by atoms with Gasteiger partial charge < -0.3 is 9.88 Å². The van der Waals surface area contributed by atoms with Crippen molar-refractivity contribution in [1.29, 1.82) is 0 Å². The highest BCUT2D eigenvalue weighted by Crippen LogP contribution is 2.23. The maximum atomic E-state index is 12.2. The maximum Gasteiger partial charge on any atom is 0.259 e. The molecule has 1 aromatic heterocycles. The first-order valence-electron chi connectivity index (χ1n) is 5.85. The van der Waals surface area contributed by atoms with Crippen molar-refractivity contribution in [2.75, 3.05) is 7.05 Å². The molecule has 0 aliphatic rings. The van der Waals surface area contributed by atoms with Gasteiger partial charge in [-0.25, -0.2) is 0 Å². The Hall–Kier alpha value is -1.78. The minimum Gasteiger partial charge on any atom is -0.367 e. The Kier molecular flexibility index (Phi) is 4.47. The molecule has 0 saturated heterocycles. The number of nitrogens with zero attached hydrogens (tertiary/aromatic N) is 1. The Bertz CT molecular complexity index is 698. The van der Waals surface area contributed by atoms with Gasteiger partial charge >= 0.3 is 0 Å². The average molecular weight is 311 g/mol. The number of rotatable bonds is 3. The van der Waals surface area contributed by atoms with Crippen LogP contribution in [0.2, 0.25) is 10.0 Å². The molecule has 0 bridgehead atoms. The van der Waals surface area contributed by atoms with Crippen molar-refractivity contribution in [3.63, 3.8) is 0 Å². The van der Waals surface area contributed by atoms with Crippen molar-refractivity contribution in [1.82, 2.24) is 9.88 Å². The molecule has 0 spiro atoms. The van der Waals surface area contributed by atoms with Gasteiger partial charge in [-0.1, -0.05) is 29.3 Å². The smallest absolute Gasteiger partial charge is 0.259 e. The van der Waals surface area contributed by atoms with Crippen LogP contribution in [0.15, 0.2) is 41.5 Å². The number of H-pyrrole nitrogens is 1. The van der Waals surface area contributed by atoms with E-state index < -0.39 is 0 Å². The van der Waals surface area contributed by atoms with Crippen molar-refractivity contribution >= 4 is 29.1 Å². The second-order valence-electron chi connectivity index (χ2n) is 4.33. The van der Waals surface area contributed by atoms with E-state index in [1.165, 1.54) is 23.4 Å². The van der Waals surface area contributed by atoms with Gasteiger partial charge in [-0.15, -0.1) is 0 Å². The molecule has 0 aliphatic heterocycles. The molecule has 0 aliphatic carbocycles. The summed E-state index contributed by atoms with van der Waals surface area (Å²) in [6.07, 6.45) is 2.88. The van der Waals surface area contributed by atoms with Gasteiger partial charge in [-0.05, 0) is 17.7 Å². The zero-order chi connectivity index (χ0) is 14.7. The fraction of sp³-hybridized carbons (Fsp3) is 0.143. The second-order valence-corrected chi connectivity index (χ2v) is 5.15. The number of hydrogen-bond donors (Lipinski definition) is 1. The number of pyridine rings is 1. The number of aromatic amines is 1. The van der Waals surface area contributed by atoms with Crippen molar-refractivity contribution in [2.45, 2.75) is 6.54 Å². The fourth-order valence-corrected chi connectivity index (χ4v) is 2.09. The Morgan fingerprint density at radius 1 is 1.25 bits per heavy atom. The Morgan fingerprint density at radius 2 is 2.00 bits per heavy atom. The van der Waals surface area contributed by atoms with Crippen molar-refractivity contribution in [3.8, 4) is 0 Å². The third kappa shape index (κ3) is 3.21. The predicted molar refractivity (Wildman–Crippen MR) is 79.3 cm³/mol. The van der Waals surface area contributed by atoms with Crippen LogP contribution in [-0.2, 0) is 6.54 Å². The van der Waals surface area contributed by atoms with E-state index >= 15 is 0 Å². The van der Waals surface area contributed by atoms with Gasteiger partial charge in [0.05, 0.1) is 10.0 Å². The molecule has 1 amide bonds. The zero-order valence-electron chi connectivity index (χ0n) is 10.7. The van der Waals surface area contributed by atoms with E-state index in [-0.39, 0.29) is 16.9 Å². The van der Waals surface area contributed by atoms with Crippen LogP contribution in [0.5, 0.6) is 0 Å². The first-order valence-corrected chi connectivity index (χ1v) is 6.61. The minimum atomic E-state index is -0.349. The fourth-order valence-electron chi connectivity index (χ4n) is 1.77. The lowest BCUT2D eigenvalue weighted by atomic mass is 10.2. The quantitative estimate of drug-likeness (QED) is 0.947. The molecular weight excluding hydrogens is 299 g/mol. The highest BCUT2D eigenvalue weighted by Gasteiger charge is 2.15. The van der Waals surface area contributed by atoms with Gasteiger partial charge in [0.2, 0.25) is 0 Å². The van der Waals surface area contributed by atoms with Gasteiger partial charge in [0, 0.05) is 32.1 Å². The van der Waals surface area contributed by atoms with E-state index in [1.54, 1.807) is 25.2 Å². The van der Waals surface area contributed by atoms with Crippen LogP contribution in [0.25, 0.3) is 0 Å². The first kappa shape index (κ1) is 14.6. The average Bonchev–Trinajstić information content (AvgIpc) is 2.42. The first-order chi connectivity index (χ1) is 9.49. The molecule has 0 fully saturated rings. The molecule has 0 radical (unpaired) electrons. The van der Waals surface area contributed by atoms with Crippen molar-refractivity contribution in [2.24, 2.45) is 0 Å². The van der Waals surface area contributed by atoms with Crippen molar-refractivity contribution in [3.05, 3.63) is 68.1 Å². The normalized spacial score (nSPS) is 10.3. The number of carbonyl (C=O) groups is 1. The van der Waals surface area contributed by atoms with Crippen LogP contribution in [0.4, 0.5) is 0 Å². The molecule has 0 unspecified atom stereocenters. The van der Waals surface area contributed by atoms with Gasteiger partial charge in [0.1, 0.15) is 5.56 Å². The highest BCUT2D eigenvalue weighted by atomic mass is 35.5. The van der Waals surface area contributed by atoms with Crippen LogP contribution in [0, 0.1) is 0 Å². The number of benzene rings is 1. The van der Waals surface area contributed by atoms with Crippen molar-refractivity contribution < 1.29 is 4.79 Å². The lowest BCUT2D eigenvalue weighted by molar-refractivity contribution is 0.0783. The molecule has 6 heteroatoms. The minimum absolute atomic E-state index is 0.107. The van der Waals surface area contributed by atoms with Crippen LogP contribution >= 0.6 is 23.2 Å². The summed E-state index contributed by atoms with van der Waals surface area (Å²) < 4.78 is 0. The van der Waals surface area contributed by atoms with E-state index in [9.17, 15) is 9.59 Å². The summed E-state index contributed by atoms with van der Waals surface area (Å²) in [6, 6.07) is 6.48. The third-order valence-electron chi connectivity index (χ3n) is 2.80. The van der Waals surface area contributed by atoms with Crippen LogP contribution in [0.3, 0.4) is 0 Å². The van der Waals surface area contributed by atoms with Gasteiger partial charge in [0.25, 0.3) is 5.91 Å². The third-order valence-corrected chi connectivity index (χ3v) is 3.54. The lowest BCUT2D eigenvalue weighted by Crippen LogP contribution is -2.30. The number of nitrogens with one attached hydrogen (secondary N) is 1. The van der Waals surface area contributed by atoms with Gasteiger partial charge in [-0.3, -0.25) is 9.59 Å². The molecule has 1 aromatic carbocycles. The van der Waals surface area contributed by atoms with Crippen LogP contribution in [0.1, 0.15) is 15.9 Å². The van der Waals surface area contributed by atoms with E-state index in [1.807, 2.05) is 0 Å². The Morgan fingerprint density at radius 3 is 2.65 bits per heavy atom. The summed E-state index contributed by atoms with van der Waals surface area (Å²) in [7, 11) is 1.62. The molecule has 4 nitrogen and oxygen atoms in total. The standard InChI is InChI=1S/C14H12Cl2N2O2/c1-18(8-9-2-3-11(15)12(16)6-9)14(20)10-7-17-5-4-13(10)19/h2-7H,8H2,1H3,(H,17,19). The number of hydrogen-bond acceptors (Lipinski definition) is 2. The molecule has 20 heavy (non-hydrogen) atoms. The molecule has 1 heterocycles. The maximum absolute atomic E-state index is 12.2. The molecule has 0 saturated carbocycles. The van der Waals surface area contributed by atoms with E-state index in [2.05, 4.69) is 4.98 Å². The second kappa shape index (κ2) is 6.11. The SMILES string of the molecule is CN(Cc1ccc(Cl)c(Cl)c1)C(=O)c1c[nH]ccc1=O. The topological polar surface area (TPSA) is 53.2 Å². The molecule has 104 valence electrons. The number of halogens is 2. The molecule has 1 N–H and O–H groups in total. The monoisotopic (exact) mass is 310 g/mol. The van der Waals surface area contributed by atoms with Gasteiger partial charge in [-0.2, -0.15) is 0 Å². The van der Waals surface area contributed by atoms with Crippen LogP contribution in [-0.4, -0.2) is 22.8 Å². The number of amides is 1. The summed E-state index contributed by atoms with van der Waals surface area (Å²) in [5.74, 6) is -0.349. The largest absolute Gasteiger partial charge is 0.367 e. The number of carbonyl (C=O) groups excluding carboxylic acids is 1. The molecular formula is C14H12Cl2N2O2. The van der Waals surface area contributed by atoms with Crippen LogP contribution < -0.4 is 5.43 Å². The molecule has 2 rings (SSSR count). The molecule has 0 atom stereocenters. The summed E-state index contributed by atoms with van der Waals surface area (Å²) in [5, 5.41) is 0.895.